The van der Waals surface area contributed by atoms with E-state index in [-0.39, 0.29) is 29.5 Å². The van der Waals surface area contributed by atoms with Crippen molar-refractivity contribution >= 4 is 39.1 Å². The number of amides is 2. The molecular weight excluding hydrogens is 622 g/mol. The fourth-order valence-corrected chi connectivity index (χ4v) is 6.61. The van der Waals surface area contributed by atoms with Gasteiger partial charge < -0.3 is 15.0 Å². The summed E-state index contributed by atoms with van der Waals surface area (Å²) in [7, 11) is -2.66. The maximum atomic E-state index is 14.6. The highest BCUT2D eigenvalue weighted by Gasteiger charge is 2.34. The number of unbranched alkanes of at least 4 members (excludes halogenated alkanes) is 1. The van der Waals surface area contributed by atoms with E-state index in [1.165, 1.54) is 23.1 Å². The molecule has 4 aromatic carbocycles. The van der Waals surface area contributed by atoms with Gasteiger partial charge in [0, 0.05) is 24.5 Å². The molecule has 10 heteroatoms. The van der Waals surface area contributed by atoms with Crippen LogP contribution in [0.3, 0.4) is 0 Å². The van der Waals surface area contributed by atoms with E-state index in [4.69, 9.17) is 16.3 Å². The smallest absolute Gasteiger partial charge is 0.264 e. The average Bonchev–Trinajstić information content (AvgIpc) is 3.07. The van der Waals surface area contributed by atoms with Crippen LogP contribution >= 0.6 is 11.6 Å². The second kappa shape index (κ2) is 16.3. The number of sulfonamides is 1. The van der Waals surface area contributed by atoms with E-state index in [0.29, 0.717) is 17.3 Å². The SMILES string of the molecule is CCCCNC(=O)[C@@H](Cc1ccccc1)N(Cc1cccc(OC)c1)C(=O)CN(c1ccc(C)c(Cl)c1)S(=O)(=O)c1ccccc1. The molecule has 4 aromatic rings. The summed E-state index contributed by atoms with van der Waals surface area (Å²) in [4.78, 5) is 29.9. The monoisotopic (exact) mass is 661 g/mol. The van der Waals surface area contributed by atoms with Gasteiger partial charge in [0.25, 0.3) is 10.0 Å². The lowest BCUT2D eigenvalue weighted by Crippen LogP contribution is -2.53. The van der Waals surface area contributed by atoms with E-state index in [1.54, 1.807) is 49.6 Å². The third kappa shape index (κ3) is 8.89. The first-order chi connectivity index (χ1) is 22.1. The van der Waals surface area contributed by atoms with Crippen LogP contribution in [0.1, 0.15) is 36.5 Å². The first-order valence-corrected chi connectivity index (χ1v) is 17.0. The highest BCUT2D eigenvalue weighted by molar-refractivity contribution is 7.92. The van der Waals surface area contributed by atoms with Gasteiger partial charge in [-0.15, -0.1) is 0 Å². The zero-order valence-corrected chi connectivity index (χ0v) is 27.9. The molecular formula is C36H40ClN3O5S. The van der Waals surface area contributed by atoms with Crippen molar-refractivity contribution in [2.75, 3.05) is 24.5 Å². The molecule has 0 saturated heterocycles. The van der Waals surface area contributed by atoms with E-state index in [0.717, 1.165) is 33.8 Å². The topological polar surface area (TPSA) is 96.0 Å². The van der Waals surface area contributed by atoms with Gasteiger partial charge in [0.2, 0.25) is 11.8 Å². The number of anilines is 1. The Kier molecular flexibility index (Phi) is 12.2. The Hall–Kier alpha value is -4.34. The second-order valence-electron chi connectivity index (χ2n) is 11.0. The van der Waals surface area contributed by atoms with Gasteiger partial charge in [-0.1, -0.05) is 91.7 Å². The Balaban J connectivity index is 1.81. The van der Waals surface area contributed by atoms with E-state index in [1.807, 2.05) is 56.3 Å². The van der Waals surface area contributed by atoms with Crippen molar-refractivity contribution in [3.05, 3.63) is 125 Å². The number of benzene rings is 4. The molecule has 0 bridgehead atoms. The number of carbonyl (C=O) groups is 2. The van der Waals surface area contributed by atoms with Crippen molar-refractivity contribution in [2.24, 2.45) is 0 Å². The highest BCUT2D eigenvalue weighted by Crippen LogP contribution is 2.29. The van der Waals surface area contributed by atoms with Gasteiger partial charge in [0.05, 0.1) is 17.7 Å². The number of hydrogen-bond donors (Lipinski definition) is 1. The minimum atomic E-state index is -4.21. The molecule has 0 aliphatic heterocycles. The molecule has 0 spiro atoms. The summed E-state index contributed by atoms with van der Waals surface area (Å²) in [6.45, 7) is 3.79. The average molecular weight is 662 g/mol. The van der Waals surface area contributed by atoms with Crippen molar-refractivity contribution in [1.29, 1.82) is 0 Å². The zero-order chi connectivity index (χ0) is 33.1. The number of aryl methyl sites for hydroxylation is 1. The molecule has 2 amide bonds. The van der Waals surface area contributed by atoms with Gasteiger partial charge in [-0.2, -0.15) is 0 Å². The number of rotatable bonds is 15. The summed E-state index contributed by atoms with van der Waals surface area (Å²) in [5.41, 5.74) is 2.59. The zero-order valence-electron chi connectivity index (χ0n) is 26.4. The van der Waals surface area contributed by atoms with Crippen LogP contribution < -0.4 is 14.4 Å². The third-order valence-corrected chi connectivity index (χ3v) is 9.84. The van der Waals surface area contributed by atoms with Gasteiger partial charge >= 0.3 is 0 Å². The van der Waals surface area contributed by atoms with Gasteiger partial charge in [-0.25, -0.2) is 8.42 Å². The first-order valence-electron chi connectivity index (χ1n) is 15.2. The van der Waals surface area contributed by atoms with Crippen molar-refractivity contribution < 1.29 is 22.7 Å². The highest BCUT2D eigenvalue weighted by atomic mass is 35.5. The molecule has 46 heavy (non-hydrogen) atoms. The molecule has 0 radical (unpaired) electrons. The Morgan fingerprint density at radius 1 is 0.891 bits per heavy atom. The molecule has 0 aliphatic carbocycles. The van der Waals surface area contributed by atoms with Crippen LogP contribution in [0, 0.1) is 6.92 Å². The molecule has 0 fully saturated rings. The maximum Gasteiger partial charge on any atom is 0.264 e. The van der Waals surface area contributed by atoms with Crippen molar-refractivity contribution in [3.63, 3.8) is 0 Å². The van der Waals surface area contributed by atoms with Crippen molar-refractivity contribution in [3.8, 4) is 5.75 Å². The fraction of sp³-hybridized carbons (Fsp3) is 0.278. The molecule has 0 saturated carbocycles. The van der Waals surface area contributed by atoms with E-state index < -0.39 is 28.5 Å². The summed E-state index contributed by atoms with van der Waals surface area (Å²) in [5.74, 6) is -0.269. The number of halogens is 1. The third-order valence-electron chi connectivity index (χ3n) is 7.64. The molecule has 0 unspecified atom stereocenters. The Morgan fingerprint density at radius 2 is 1.57 bits per heavy atom. The molecule has 8 nitrogen and oxygen atoms in total. The van der Waals surface area contributed by atoms with Gasteiger partial charge in [-0.05, 0) is 66.4 Å². The molecule has 242 valence electrons. The predicted molar refractivity (Wildman–Crippen MR) is 183 cm³/mol. The number of carbonyl (C=O) groups excluding carboxylic acids is 2. The number of nitrogens with zero attached hydrogens (tertiary/aromatic N) is 2. The maximum absolute atomic E-state index is 14.6. The largest absolute Gasteiger partial charge is 0.497 e. The van der Waals surface area contributed by atoms with Crippen LogP contribution in [-0.4, -0.2) is 51.4 Å². The molecule has 1 N–H and O–H groups in total. The van der Waals surface area contributed by atoms with Crippen LogP contribution in [0.15, 0.2) is 108 Å². The van der Waals surface area contributed by atoms with E-state index in [9.17, 15) is 18.0 Å². The lowest BCUT2D eigenvalue weighted by Gasteiger charge is -2.34. The van der Waals surface area contributed by atoms with Gasteiger partial charge in [0.1, 0.15) is 18.3 Å². The van der Waals surface area contributed by atoms with Crippen LogP contribution in [0.4, 0.5) is 5.69 Å². The summed E-state index contributed by atoms with van der Waals surface area (Å²) in [6, 6.07) is 28.6. The standard InChI is InChI=1S/C36H40ClN3O5S/c1-4-5-21-38-36(42)34(23-28-13-8-6-9-14-28)39(25-29-15-12-16-31(22-29)45-3)35(41)26-40(30-20-19-27(2)33(37)24-30)46(43,44)32-17-10-7-11-18-32/h6-20,22,24,34H,4-5,21,23,25-26H2,1-3H3,(H,38,42)/t34-/m1/s1. The van der Waals surface area contributed by atoms with Crippen molar-refractivity contribution in [2.45, 2.75) is 50.6 Å². The molecule has 0 aliphatic rings. The Bertz CT molecular complexity index is 1720. The van der Waals surface area contributed by atoms with Gasteiger partial charge in [0.15, 0.2) is 0 Å². The summed E-state index contributed by atoms with van der Waals surface area (Å²) in [5, 5.41) is 3.36. The van der Waals surface area contributed by atoms with Crippen LogP contribution in [0.25, 0.3) is 0 Å². The fourth-order valence-electron chi connectivity index (χ4n) is 5.01. The predicted octanol–water partition coefficient (Wildman–Crippen LogP) is 6.41. The van der Waals surface area contributed by atoms with Crippen LogP contribution in [0.2, 0.25) is 5.02 Å². The Morgan fingerprint density at radius 3 is 2.22 bits per heavy atom. The number of methoxy groups -OCH3 is 1. The first kappa shape index (κ1) is 34.5. The number of ether oxygens (including phenoxy) is 1. The Labute approximate surface area is 277 Å². The molecule has 1 atom stereocenters. The summed E-state index contributed by atoms with van der Waals surface area (Å²) in [6.07, 6.45) is 1.91. The van der Waals surface area contributed by atoms with Crippen LogP contribution in [0.5, 0.6) is 5.75 Å². The second-order valence-corrected chi connectivity index (χ2v) is 13.3. The minimum absolute atomic E-state index is 0.0250. The van der Waals surface area contributed by atoms with E-state index in [2.05, 4.69) is 5.32 Å². The van der Waals surface area contributed by atoms with E-state index >= 15 is 0 Å². The van der Waals surface area contributed by atoms with Gasteiger partial charge in [-0.3, -0.25) is 13.9 Å². The normalized spacial score (nSPS) is 11.8. The number of nitrogens with one attached hydrogen (secondary N) is 1. The molecule has 0 heterocycles. The number of hydrogen-bond acceptors (Lipinski definition) is 5. The summed E-state index contributed by atoms with van der Waals surface area (Å²) < 4.78 is 34.7. The van der Waals surface area contributed by atoms with Crippen molar-refractivity contribution in [1.82, 2.24) is 10.2 Å². The quantitative estimate of drug-likeness (QED) is 0.149. The lowest BCUT2D eigenvalue weighted by atomic mass is 10.0. The summed E-state index contributed by atoms with van der Waals surface area (Å²) >= 11 is 6.45. The molecule has 0 aromatic heterocycles. The van der Waals surface area contributed by atoms with Crippen LogP contribution in [-0.2, 0) is 32.6 Å². The molecule has 4 rings (SSSR count). The minimum Gasteiger partial charge on any atom is -0.497 e. The lowest BCUT2D eigenvalue weighted by molar-refractivity contribution is -0.140.